The van der Waals surface area contributed by atoms with Gasteiger partial charge in [-0.25, -0.2) is 4.98 Å². The first-order valence-electron chi connectivity index (χ1n) is 5.79. The number of nitrogens with zero attached hydrogens (tertiary/aromatic N) is 4. The Morgan fingerprint density at radius 1 is 1.25 bits per heavy atom. The monoisotopic (exact) mass is 368 g/mol. The number of benzene rings is 1. The van der Waals surface area contributed by atoms with Gasteiger partial charge in [0, 0.05) is 23.7 Å². The van der Waals surface area contributed by atoms with Gasteiger partial charge in [0.15, 0.2) is 5.16 Å². The molecule has 0 radical (unpaired) electrons. The molecule has 0 unspecified atom stereocenters. The van der Waals surface area contributed by atoms with Crippen LogP contribution in [0, 0.1) is 0 Å². The molecule has 1 aromatic carbocycles. The molecule has 0 saturated carbocycles. The number of hydrogen-bond donors (Lipinski definition) is 0. The van der Waals surface area contributed by atoms with Gasteiger partial charge in [-0.1, -0.05) is 42.1 Å². The molecule has 0 N–H and O–H groups in total. The van der Waals surface area contributed by atoms with Crippen molar-refractivity contribution in [3.8, 4) is 10.6 Å². The van der Waals surface area contributed by atoms with Gasteiger partial charge >= 0.3 is 0 Å². The summed E-state index contributed by atoms with van der Waals surface area (Å²) in [5.41, 5.74) is 2.25. The number of thioether (sulfide) groups is 1. The number of thiazole rings is 1. The average Bonchev–Trinajstić information content (AvgIpc) is 3.06. The van der Waals surface area contributed by atoms with Gasteiger partial charge in [0.05, 0.1) is 5.69 Å². The fourth-order valence-corrected chi connectivity index (χ4v) is 3.34. The van der Waals surface area contributed by atoms with E-state index in [1.165, 1.54) is 5.56 Å². The lowest BCUT2D eigenvalue weighted by Crippen LogP contribution is -1.90. The molecule has 2 aromatic heterocycles. The van der Waals surface area contributed by atoms with Gasteiger partial charge < -0.3 is 4.57 Å². The van der Waals surface area contributed by atoms with E-state index in [9.17, 15) is 0 Å². The second-order valence-electron chi connectivity index (χ2n) is 4.02. The van der Waals surface area contributed by atoms with Gasteiger partial charge in [0.1, 0.15) is 11.3 Å². The largest absolute Gasteiger partial charge is 0.312 e. The van der Waals surface area contributed by atoms with Crippen molar-refractivity contribution < 1.29 is 0 Å². The van der Waals surface area contributed by atoms with Crippen molar-refractivity contribution >= 4 is 40.1 Å². The van der Waals surface area contributed by atoms with Crippen molar-refractivity contribution in [1.82, 2.24) is 19.7 Å². The number of rotatable bonds is 4. The van der Waals surface area contributed by atoms with Crippen molar-refractivity contribution in [2.75, 3.05) is 0 Å². The van der Waals surface area contributed by atoms with Gasteiger partial charge in [0.25, 0.3) is 0 Å². The minimum Gasteiger partial charge on any atom is -0.312 e. The molecule has 2 heterocycles. The SMILES string of the molecule is Br.Cn1cnnc1SCc1csc(-c2ccccc2)n1. The third-order valence-electron chi connectivity index (χ3n) is 2.59. The summed E-state index contributed by atoms with van der Waals surface area (Å²) in [4.78, 5) is 4.65. The van der Waals surface area contributed by atoms with Crippen molar-refractivity contribution in [3.63, 3.8) is 0 Å². The summed E-state index contributed by atoms with van der Waals surface area (Å²) in [6.45, 7) is 0. The smallest absolute Gasteiger partial charge is 0.191 e. The Morgan fingerprint density at radius 2 is 2.05 bits per heavy atom. The number of aromatic nitrogens is 4. The molecule has 3 rings (SSSR count). The minimum atomic E-state index is 0. The number of hydrogen-bond acceptors (Lipinski definition) is 5. The van der Waals surface area contributed by atoms with Gasteiger partial charge in [-0.05, 0) is 0 Å². The molecule has 104 valence electrons. The molecule has 3 aromatic rings. The quantitative estimate of drug-likeness (QED) is 0.656. The summed E-state index contributed by atoms with van der Waals surface area (Å²) in [5, 5.41) is 12.0. The highest BCUT2D eigenvalue weighted by Crippen LogP contribution is 2.26. The third kappa shape index (κ3) is 3.47. The molecular formula is C13H13BrN4S2. The molecule has 7 heteroatoms. The molecule has 0 saturated heterocycles. The summed E-state index contributed by atoms with van der Waals surface area (Å²) >= 11 is 3.33. The average molecular weight is 369 g/mol. The number of halogens is 1. The van der Waals surface area contributed by atoms with E-state index in [1.807, 2.05) is 29.8 Å². The predicted octanol–water partition coefficient (Wildman–Crippen LogP) is 3.81. The zero-order chi connectivity index (χ0) is 13.1. The summed E-state index contributed by atoms with van der Waals surface area (Å²) in [6.07, 6.45) is 1.71. The zero-order valence-electron chi connectivity index (χ0n) is 10.8. The van der Waals surface area contributed by atoms with Crippen LogP contribution in [0.4, 0.5) is 0 Å². The highest BCUT2D eigenvalue weighted by molar-refractivity contribution is 8.93. The maximum atomic E-state index is 4.65. The Balaban J connectivity index is 0.00000147. The Labute approximate surface area is 136 Å². The summed E-state index contributed by atoms with van der Waals surface area (Å²) < 4.78 is 1.91. The first-order chi connectivity index (χ1) is 9.33. The molecule has 0 aliphatic heterocycles. The maximum Gasteiger partial charge on any atom is 0.191 e. The maximum absolute atomic E-state index is 4.65. The highest BCUT2D eigenvalue weighted by atomic mass is 79.9. The second-order valence-corrected chi connectivity index (χ2v) is 5.82. The Hall–Kier alpha value is -1.18. The van der Waals surface area contributed by atoms with E-state index in [1.54, 1.807) is 29.4 Å². The van der Waals surface area contributed by atoms with Crippen LogP contribution in [-0.2, 0) is 12.8 Å². The van der Waals surface area contributed by atoms with Crippen LogP contribution in [0.3, 0.4) is 0 Å². The molecule has 0 spiro atoms. The van der Waals surface area contributed by atoms with E-state index in [4.69, 9.17) is 0 Å². The lowest BCUT2D eigenvalue weighted by Gasteiger charge is -1.97. The second kappa shape index (κ2) is 7.01. The van der Waals surface area contributed by atoms with Crippen LogP contribution in [0.2, 0.25) is 0 Å². The molecule has 0 atom stereocenters. The van der Waals surface area contributed by atoms with Gasteiger partial charge in [-0.15, -0.1) is 38.5 Å². The van der Waals surface area contributed by atoms with Crippen LogP contribution in [0.25, 0.3) is 10.6 Å². The summed E-state index contributed by atoms with van der Waals surface area (Å²) in [6, 6.07) is 10.2. The van der Waals surface area contributed by atoms with Gasteiger partial charge in [-0.2, -0.15) is 0 Å². The van der Waals surface area contributed by atoms with Crippen molar-refractivity contribution in [1.29, 1.82) is 0 Å². The van der Waals surface area contributed by atoms with Crippen LogP contribution in [0.15, 0.2) is 47.2 Å². The van der Waals surface area contributed by atoms with E-state index in [-0.39, 0.29) is 17.0 Å². The van der Waals surface area contributed by atoms with Gasteiger partial charge in [-0.3, -0.25) is 0 Å². The van der Waals surface area contributed by atoms with E-state index in [0.717, 1.165) is 21.6 Å². The molecule has 0 fully saturated rings. The van der Waals surface area contributed by atoms with E-state index < -0.39 is 0 Å². The molecule has 0 amide bonds. The molecule has 0 aliphatic carbocycles. The summed E-state index contributed by atoms with van der Waals surface area (Å²) in [7, 11) is 1.94. The fraction of sp³-hybridized carbons (Fsp3) is 0.154. The van der Waals surface area contributed by atoms with Crippen LogP contribution >= 0.6 is 40.1 Å². The van der Waals surface area contributed by atoms with Crippen LogP contribution < -0.4 is 0 Å². The van der Waals surface area contributed by atoms with E-state index in [0.29, 0.717) is 0 Å². The highest BCUT2D eigenvalue weighted by Gasteiger charge is 2.07. The Morgan fingerprint density at radius 3 is 2.75 bits per heavy atom. The van der Waals surface area contributed by atoms with Crippen molar-refractivity contribution in [2.24, 2.45) is 7.05 Å². The van der Waals surface area contributed by atoms with E-state index in [2.05, 4.69) is 32.7 Å². The van der Waals surface area contributed by atoms with Crippen LogP contribution in [0.1, 0.15) is 5.69 Å². The molecular weight excluding hydrogens is 356 g/mol. The van der Waals surface area contributed by atoms with Crippen LogP contribution in [0.5, 0.6) is 0 Å². The first kappa shape index (κ1) is 15.2. The lowest BCUT2D eigenvalue weighted by atomic mass is 10.2. The topological polar surface area (TPSA) is 43.6 Å². The Kier molecular flexibility index (Phi) is 5.33. The predicted molar refractivity (Wildman–Crippen MR) is 88.4 cm³/mol. The fourth-order valence-electron chi connectivity index (χ4n) is 1.63. The third-order valence-corrected chi connectivity index (χ3v) is 4.60. The standard InChI is InChI=1S/C13H12N4S2.BrH/c1-17-9-14-16-13(17)19-8-11-7-18-12(15-11)10-5-3-2-4-6-10;/h2-7,9H,8H2,1H3;1H. The molecule has 4 nitrogen and oxygen atoms in total. The number of aryl methyl sites for hydroxylation is 1. The first-order valence-corrected chi connectivity index (χ1v) is 7.66. The zero-order valence-corrected chi connectivity index (χ0v) is 14.1. The van der Waals surface area contributed by atoms with Crippen LogP contribution in [-0.4, -0.2) is 19.7 Å². The summed E-state index contributed by atoms with van der Waals surface area (Å²) in [5.74, 6) is 0.815. The molecule has 0 bridgehead atoms. The minimum absolute atomic E-state index is 0. The lowest BCUT2D eigenvalue weighted by molar-refractivity contribution is 0.788. The molecule has 20 heavy (non-hydrogen) atoms. The molecule has 0 aliphatic rings. The van der Waals surface area contributed by atoms with Crippen molar-refractivity contribution in [3.05, 3.63) is 47.7 Å². The van der Waals surface area contributed by atoms with E-state index >= 15 is 0 Å². The van der Waals surface area contributed by atoms with Crippen molar-refractivity contribution in [2.45, 2.75) is 10.9 Å². The van der Waals surface area contributed by atoms with Gasteiger partial charge in [0.2, 0.25) is 0 Å². The normalized spacial score (nSPS) is 10.2. The Bertz CT molecular complexity index is 666.